The van der Waals surface area contributed by atoms with Crippen molar-refractivity contribution in [3.63, 3.8) is 0 Å². The standard InChI is InChI=1S/C24H29N3O4/c1-14-6-7-20(31-5)19(10-14)27-13-18(11-22(27)29)24(30)25-12-21(28)26-23-16(3)8-15(2)9-17(23)4/h6-10,18H,11-13H2,1-5H3,(H,25,30)(H,26,28). The topological polar surface area (TPSA) is 87.7 Å². The quantitative estimate of drug-likeness (QED) is 0.748. The highest BCUT2D eigenvalue weighted by Crippen LogP contribution is 2.34. The van der Waals surface area contributed by atoms with E-state index in [0.29, 0.717) is 11.4 Å². The fourth-order valence-corrected chi connectivity index (χ4v) is 4.00. The van der Waals surface area contributed by atoms with E-state index < -0.39 is 5.92 Å². The summed E-state index contributed by atoms with van der Waals surface area (Å²) in [6.07, 6.45) is 0.0979. The number of aryl methyl sites for hydroxylation is 4. The van der Waals surface area contributed by atoms with Crippen molar-refractivity contribution in [2.75, 3.05) is 30.4 Å². The summed E-state index contributed by atoms with van der Waals surface area (Å²) in [7, 11) is 1.55. The molecule has 2 N–H and O–H groups in total. The molecule has 1 heterocycles. The maximum atomic E-state index is 12.6. The summed E-state index contributed by atoms with van der Waals surface area (Å²) in [6, 6.07) is 9.59. The number of nitrogens with zero attached hydrogens (tertiary/aromatic N) is 1. The minimum atomic E-state index is -0.520. The number of amides is 3. The van der Waals surface area contributed by atoms with Gasteiger partial charge in [-0.3, -0.25) is 14.4 Å². The lowest BCUT2D eigenvalue weighted by Gasteiger charge is -2.20. The lowest BCUT2D eigenvalue weighted by molar-refractivity contribution is -0.127. The van der Waals surface area contributed by atoms with Crippen LogP contribution in [-0.2, 0) is 14.4 Å². The maximum absolute atomic E-state index is 12.6. The van der Waals surface area contributed by atoms with Crippen LogP contribution in [0.15, 0.2) is 30.3 Å². The van der Waals surface area contributed by atoms with Gasteiger partial charge in [-0.05, 0) is 56.5 Å². The summed E-state index contributed by atoms with van der Waals surface area (Å²) in [5.74, 6) is -0.684. The predicted octanol–water partition coefficient (Wildman–Crippen LogP) is 3.04. The van der Waals surface area contributed by atoms with E-state index in [-0.39, 0.29) is 37.2 Å². The Morgan fingerprint density at radius 3 is 2.39 bits per heavy atom. The van der Waals surface area contributed by atoms with Crippen LogP contribution < -0.4 is 20.3 Å². The second kappa shape index (κ2) is 9.20. The lowest BCUT2D eigenvalue weighted by atomic mass is 10.1. The highest BCUT2D eigenvalue weighted by Gasteiger charge is 2.36. The minimum Gasteiger partial charge on any atom is -0.495 e. The number of anilines is 2. The summed E-state index contributed by atoms with van der Waals surface area (Å²) in [5, 5.41) is 5.54. The normalized spacial score (nSPS) is 15.7. The van der Waals surface area contributed by atoms with E-state index in [1.807, 2.05) is 58.0 Å². The van der Waals surface area contributed by atoms with Crippen molar-refractivity contribution >= 4 is 29.1 Å². The fourth-order valence-electron chi connectivity index (χ4n) is 4.00. The first-order chi connectivity index (χ1) is 14.7. The van der Waals surface area contributed by atoms with Gasteiger partial charge in [-0.25, -0.2) is 0 Å². The Kier molecular flexibility index (Phi) is 6.63. The van der Waals surface area contributed by atoms with Crippen molar-refractivity contribution < 1.29 is 19.1 Å². The van der Waals surface area contributed by atoms with Crippen molar-refractivity contribution in [1.29, 1.82) is 0 Å². The highest BCUT2D eigenvalue weighted by molar-refractivity contribution is 6.02. The zero-order valence-electron chi connectivity index (χ0n) is 18.7. The highest BCUT2D eigenvalue weighted by atomic mass is 16.5. The van der Waals surface area contributed by atoms with E-state index in [9.17, 15) is 14.4 Å². The van der Waals surface area contributed by atoms with Crippen molar-refractivity contribution in [3.05, 3.63) is 52.6 Å². The van der Waals surface area contributed by atoms with E-state index in [2.05, 4.69) is 10.6 Å². The second-order valence-electron chi connectivity index (χ2n) is 8.12. The third kappa shape index (κ3) is 5.05. The van der Waals surface area contributed by atoms with E-state index in [4.69, 9.17) is 4.74 Å². The van der Waals surface area contributed by atoms with Gasteiger partial charge in [0.25, 0.3) is 0 Å². The average molecular weight is 424 g/mol. The van der Waals surface area contributed by atoms with Crippen molar-refractivity contribution in [3.8, 4) is 5.75 Å². The van der Waals surface area contributed by atoms with Crippen LogP contribution in [0.25, 0.3) is 0 Å². The number of nitrogens with one attached hydrogen (secondary N) is 2. The fraction of sp³-hybridized carbons (Fsp3) is 0.375. The number of ether oxygens (including phenoxy) is 1. The Morgan fingerprint density at radius 1 is 1.06 bits per heavy atom. The molecule has 3 rings (SSSR count). The number of hydrogen-bond donors (Lipinski definition) is 2. The van der Waals surface area contributed by atoms with E-state index in [0.717, 1.165) is 27.9 Å². The van der Waals surface area contributed by atoms with Crippen LogP contribution in [0.2, 0.25) is 0 Å². The van der Waals surface area contributed by atoms with Gasteiger partial charge >= 0.3 is 0 Å². The molecule has 1 atom stereocenters. The zero-order chi connectivity index (χ0) is 22.7. The Balaban J connectivity index is 1.60. The van der Waals surface area contributed by atoms with Crippen molar-refractivity contribution in [1.82, 2.24) is 5.32 Å². The summed E-state index contributed by atoms with van der Waals surface area (Å²) >= 11 is 0. The summed E-state index contributed by atoms with van der Waals surface area (Å²) in [6.45, 7) is 7.92. The van der Waals surface area contributed by atoms with Gasteiger partial charge < -0.3 is 20.3 Å². The molecular formula is C24H29N3O4. The van der Waals surface area contributed by atoms with Gasteiger partial charge in [-0.15, -0.1) is 0 Å². The molecule has 1 aliphatic rings. The predicted molar refractivity (Wildman–Crippen MR) is 120 cm³/mol. The summed E-state index contributed by atoms with van der Waals surface area (Å²) in [4.78, 5) is 39.1. The number of methoxy groups -OCH3 is 1. The average Bonchev–Trinajstić information content (AvgIpc) is 3.10. The first-order valence-electron chi connectivity index (χ1n) is 10.3. The first-order valence-corrected chi connectivity index (χ1v) is 10.3. The number of carbonyl (C=O) groups excluding carboxylic acids is 3. The second-order valence-corrected chi connectivity index (χ2v) is 8.12. The molecule has 0 spiro atoms. The first kappa shape index (κ1) is 22.3. The monoisotopic (exact) mass is 423 g/mol. The van der Waals surface area contributed by atoms with Gasteiger partial charge in [0.1, 0.15) is 5.75 Å². The summed E-state index contributed by atoms with van der Waals surface area (Å²) < 4.78 is 5.37. The molecule has 7 nitrogen and oxygen atoms in total. The molecule has 31 heavy (non-hydrogen) atoms. The Hall–Kier alpha value is -3.35. The van der Waals surface area contributed by atoms with Crippen molar-refractivity contribution in [2.24, 2.45) is 5.92 Å². The van der Waals surface area contributed by atoms with Crippen LogP contribution in [0.1, 0.15) is 28.7 Å². The lowest BCUT2D eigenvalue weighted by Crippen LogP contribution is -2.38. The molecule has 1 fully saturated rings. The molecule has 0 aromatic heterocycles. The molecule has 0 bridgehead atoms. The van der Waals surface area contributed by atoms with Gasteiger partial charge in [-0.1, -0.05) is 23.8 Å². The largest absolute Gasteiger partial charge is 0.495 e. The Morgan fingerprint density at radius 2 is 1.74 bits per heavy atom. The maximum Gasteiger partial charge on any atom is 0.243 e. The van der Waals surface area contributed by atoms with Gasteiger partial charge in [0.15, 0.2) is 0 Å². The molecule has 2 aromatic rings. The van der Waals surface area contributed by atoms with E-state index >= 15 is 0 Å². The third-order valence-corrected chi connectivity index (χ3v) is 5.49. The molecule has 164 valence electrons. The van der Waals surface area contributed by atoms with Crippen LogP contribution >= 0.6 is 0 Å². The molecular weight excluding hydrogens is 394 g/mol. The van der Waals surface area contributed by atoms with Crippen LogP contribution in [0.4, 0.5) is 11.4 Å². The molecule has 1 aliphatic heterocycles. The number of rotatable bonds is 6. The number of hydrogen-bond acceptors (Lipinski definition) is 4. The summed E-state index contributed by atoms with van der Waals surface area (Å²) in [5.41, 5.74) is 5.49. The van der Waals surface area contributed by atoms with Crippen LogP contribution in [0.3, 0.4) is 0 Å². The van der Waals surface area contributed by atoms with Gasteiger partial charge in [0.05, 0.1) is 25.3 Å². The Labute approximate surface area is 182 Å². The molecule has 0 aliphatic carbocycles. The molecule has 3 amide bonds. The van der Waals surface area contributed by atoms with Gasteiger partial charge in [0.2, 0.25) is 17.7 Å². The molecule has 1 saturated heterocycles. The van der Waals surface area contributed by atoms with Gasteiger partial charge in [-0.2, -0.15) is 0 Å². The SMILES string of the molecule is COc1ccc(C)cc1N1CC(C(=O)NCC(=O)Nc2c(C)cc(C)cc2C)CC1=O. The number of carbonyl (C=O) groups is 3. The zero-order valence-corrected chi connectivity index (χ0v) is 18.7. The van der Waals surface area contributed by atoms with Crippen LogP contribution in [0.5, 0.6) is 5.75 Å². The molecule has 0 radical (unpaired) electrons. The van der Waals surface area contributed by atoms with E-state index in [1.165, 1.54) is 0 Å². The van der Waals surface area contributed by atoms with Crippen molar-refractivity contribution in [2.45, 2.75) is 34.1 Å². The molecule has 0 saturated carbocycles. The Bertz CT molecular complexity index is 1010. The van der Waals surface area contributed by atoms with Gasteiger partial charge in [0, 0.05) is 18.7 Å². The molecule has 2 aromatic carbocycles. The van der Waals surface area contributed by atoms with Crippen LogP contribution in [-0.4, -0.2) is 37.9 Å². The van der Waals surface area contributed by atoms with E-state index in [1.54, 1.807) is 12.0 Å². The van der Waals surface area contributed by atoms with Crippen LogP contribution in [0, 0.1) is 33.6 Å². The minimum absolute atomic E-state index is 0.0979. The number of benzene rings is 2. The third-order valence-electron chi connectivity index (χ3n) is 5.49. The molecule has 7 heteroatoms. The smallest absolute Gasteiger partial charge is 0.243 e. The molecule has 1 unspecified atom stereocenters.